The van der Waals surface area contributed by atoms with Gasteiger partial charge in [-0.1, -0.05) is 6.07 Å². The fourth-order valence-corrected chi connectivity index (χ4v) is 3.58. The van der Waals surface area contributed by atoms with Crippen molar-refractivity contribution < 1.29 is 9.18 Å². The first-order chi connectivity index (χ1) is 15.0. The van der Waals surface area contributed by atoms with E-state index in [-0.39, 0.29) is 24.1 Å². The molecule has 1 saturated heterocycles. The first-order valence-electron chi connectivity index (χ1n) is 9.93. The average molecular weight is 414 g/mol. The third-order valence-corrected chi connectivity index (χ3v) is 5.30. The van der Waals surface area contributed by atoms with Crippen LogP contribution in [0.2, 0.25) is 0 Å². The van der Waals surface area contributed by atoms with Crippen LogP contribution in [0.4, 0.5) is 10.2 Å². The second kappa shape index (κ2) is 7.81. The SMILES string of the molecule is NC1CN(c2cncc(-c3ccc4nnc(CC(=O)c5ccc(F)cc5)cc4c3)n2)C1. The van der Waals surface area contributed by atoms with Crippen molar-refractivity contribution in [1.29, 1.82) is 0 Å². The maximum Gasteiger partial charge on any atom is 0.168 e. The molecular weight excluding hydrogens is 395 g/mol. The van der Waals surface area contributed by atoms with E-state index < -0.39 is 0 Å². The number of halogens is 1. The van der Waals surface area contributed by atoms with E-state index in [1.807, 2.05) is 24.3 Å². The van der Waals surface area contributed by atoms with E-state index in [0.717, 1.165) is 41.1 Å². The largest absolute Gasteiger partial charge is 0.352 e. The van der Waals surface area contributed by atoms with Gasteiger partial charge in [0.15, 0.2) is 5.78 Å². The summed E-state index contributed by atoms with van der Waals surface area (Å²) in [6.45, 7) is 1.55. The Morgan fingerprint density at radius 1 is 1.06 bits per heavy atom. The summed E-state index contributed by atoms with van der Waals surface area (Å²) >= 11 is 0. The average Bonchev–Trinajstić information content (AvgIpc) is 2.77. The monoisotopic (exact) mass is 414 g/mol. The molecule has 1 aliphatic rings. The lowest BCUT2D eigenvalue weighted by molar-refractivity contribution is 0.0991. The van der Waals surface area contributed by atoms with E-state index in [1.54, 1.807) is 12.4 Å². The van der Waals surface area contributed by atoms with Crippen molar-refractivity contribution in [2.75, 3.05) is 18.0 Å². The van der Waals surface area contributed by atoms with Crippen LogP contribution in [-0.4, -0.2) is 45.1 Å². The molecule has 2 N–H and O–H groups in total. The van der Waals surface area contributed by atoms with Crippen LogP contribution in [-0.2, 0) is 6.42 Å². The first kappa shape index (κ1) is 19.2. The highest BCUT2D eigenvalue weighted by atomic mass is 19.1. The Morgan fingerprint density at radius 3 is 2.65 bits per heavy atom. The molecule has 0 radical (unpaired) electrons. The summed E-state index contributed by atoms with van der Waals surface area (Å²) in [5.41, 5.74) is 9.23. The van der Waals surface area contributed by atoms with E-state index in [1.165, 1.54) is 24.3 Å². The number of ketones is 1. The van der Waals surface area contributed by atoms with E-state index in [0.29, 0.717) is 11.3 Å². The second-order valence-electron chi connectivity index (χ2n) is 7.64. The Labute approximate surface area is 177 Å². The van der Waals surface area contributed by atoms with Gasteiger partial charge in [0.1, 0.15) is 11.6 Å². The molecule has 0 saturated carbocycles. The normalized spacial score (nSPS) is 13.9. The van der Waals surface area contributed by atoms with Crippen LogP contribution >= 0.6 is 0 Å². The number of anilines is 1. The number of rotatable bonds is 5. The fourth-order valence-electron chi connectivity index (χ4n) is 3.58. The van der Waals surface area contributed by atoms with Crippen molar-refractivity contribution in [2.24, 2.45) is 5.73 Å². The van der Waals surface area contributed by atoms with Crippen LogP contribution in [0.1, 0.15) is 16.1 Å². The van der Waals surface area contributed by atoms with Crippen molar-refractivity contribution in [3.8, 4) is 11.3 Å². The Bertz CT molecular complexity index is 1270. The highest BCUT2D eigenvalue weighted by Crippen LogP contribution is 2.25. The summed E-state index contributed by atoms with van der Waals surface area (Å²) in [6.07, 6.45) is 3.54. The third-order valence-electron chi connectivity index (χ3n) is 5.30. The zero-order valence-corrected chi connectivity index (χ0v) is 16.6. The molecule has 0 aliphatic carbocycles. The molecule has 0 unspecified atom stereocenters. The molecule has 0 bridgehead atoms. The molecule has 5 rings (SSSR count). The molecular formula is C23H19FN6O. The smallest absolute Gasteiger partial charge is 0.168 e. The quantitative estimate of drug-likeness (QED) is 0.502. The molecule has 31 heavy (non-hydrogen) atoms. The molecule has 7 nitrogen and oxygen atoms in total. The summed E-state index contributed by atoms with van der Waals surface area (Å²) in [7, 11) is 0. The van der Waals surface area contributed by atoms with E-state index in [2.05, 4.69) is 20.1 Å². The second-order valence-corrected chi connectivity index (χ2v) is 7.64. The van der Waals surface area contributed by atoms with Gasteiger partial charge >= 0.3 is 0 Å². The lowest BCUT2D eigenvalue weighted by Gasteiger charge is -2.37. The van der Waals surface area contributed by atoms with Crippen LogP contribution in [0.25, 0.3) is 22.2 Å². The predicted molar refractivity (Wildman–Crippen MR) is 115 cm³/mol. The summed E-state index contributed by atoms with van der Waals surface area (Å²) in [4.78, 5) is 23.6. The molecule has 154 valence electrons. The summed E-state index contributed by atoms with van der Waals surface area (Å²) in [6, 6.07) is 13.3. The number of aromatic nitrogens is 4. The molecule has 0 amide bonds. The maximum atomic E-state index is 13.1. The van der Waals surface area contributed by atoms with Gasteiger partial charge < -0.3 is 10.6 Å². The standard InChI is InChI=1S/C23H19FN6O/c24-17-4-1-14(2-5-17)22(31)9-19-8-16-7-15(3-6-20(16)29-28-19)21-10-26-11-23(27-21)30-12-18(25)13-30/h1-8,10-11,18H,9,12-13,25H2. The number of Topliss-reactive ketones (excluding diaryl/α,β-unsaturated/α-hetero) is 1. The maximum absolute atomic E-state index is 13.1. The van der Waals surface area contributed by atoms with Crippen LogP contribution in [0.15, 0.2) is 60.9 Å². The van der Waals surface area contributed by atoms with Gasteiger partial charge in [-0.05, 0) is 42.5 Å². The minimum atomic E-state index is -0.376. The van der Waals surface area contributed by atoms with E-state index in [4.69, 9.17) is 10.7 Å². The molecule has 2 aromatic carbocycles. The molecule has 4 aromatic rings. The van der Waals surface area contributed by atoms with Crippen molar-refractivity contribution in [1.82, 2.24) is 20.2 Å². The highest BCUT2D eigenvalue weighted by Gasteiger charge is 2.24. The topological polar surface area (TPSA) is 97.9 Å². The van der Waals surface area contributed by atoms with Gasteiger partial charge in [-0.25, -0.2) is 9.37 Å². The van der Waals surface area contributed by atoms with Crippen molar-refractivity contribution >= 4 is 22.5 Å². The Kier molecular flexibility index (Phi) is 4.83. The third kappa shape index (κ3) is 3.97. The van der Waals surface area contributed by atoms with Crippen molar-refractivity contribution in [3.05, 3.63) is 78.0 Å². The number of fused-ring (bicyclic) bond motifs is 1. The lowest BCUT2D eigenvalue weighted by atomic mass is 10.0. The number of benzene rings is 2. The Hall–Kier alpha value is -3.78. The van der Waals surface area contributed by atoms with Crippen molar-refractivity contribution in [3.63, 3.8) is 0 Å². The number of nitrogens with zero attached hydrogens (tertiary/aromatic N) is 5. The number of carbonyl (C=O) groups excluding carboxylic acids is 1. The molecule has 3 heterocycles. The van der Waals surface area contributed by atoms with Gasteiger partial charge in [0.05, 0.1) is 35.7 Å². The minimum absolute atomic E-state index is 0.0866. The number of nitrogens with two attached hydrogens (primary N) is 1. The van der Waals surface area contributed by atoms with E-state index >= 15 is 0 Å². The predicted octanol–water partition coefficient (Wildman–Crippen LogP) is 2.80. The zero-order chi connectivity index (χ0) is 21.4. The molecule has 2 aromatic heterocycles. The van der Waals surface area contributed by atoms with Crippen LogP contribution in [0, 0.1) is 5.82 Å². The van der Waals surface area contributed by atoms with Gasteiger partial charge in [0.25, 0.3) is 0 Å². The fraction of sp³-hybridized carbons (Fsp3) is 0.174. The molecule has 0 spiro atoms. The van der Waals surface area contributed by atoms with Gasteiger partial charge in [-0.2, -0.15) is 10.2 Å². The molecule has 1 fully saturated rings. The Balaban J connectivity index is 1.41. The number of hydrogen-bond donors (Lipinski definition) is 1. The summed E-state index contributed by atoms with van der Waals surface area (Å²) in [5, 5.41) is 9.25. The molecule has 8 heteroatoms. The van der Waals surface area contributed by atoms with Crippen LogP contribution < -0.4 is 10.6 Å². The first-order valence-corrected chi connectivity index (χ1v) is 9.93. The van der Waals surface area contributed by atoms with Crippen molar-refractivity contribution in [2.45, 2.75) is 12.5 Å². The van der Waals surface area contributed by atoms with Gasteiger partial charge in [-0.3, -0.25) is 9.78 Å². The zero-order valence-electron chi connectivity index (χ0n) is 16.6. The van der Waals surface area contributed by atoms with E-state index in [9.17, 15) is 9.18 Å². The van der Waals surface area contributed by atoms with Gasteiger partial charge in [0, 0.05) is 35.6 Å². The lowest BCUT2D eigenvalue weighted by Crippen LogP contribution is -2.56. The number of carbonyl (C=O) groups is 1. The minimum Gasteiger partial charge on any atom is -0.352 e. The van der Waals surface area contributed by atoms with Crippen LogP contribution in [0.5, 0.6) is 0 Å². The Morgan fingerprint density at radius 2 is 1.87 bits per heavy atom. The number of hydrogen-bond acceptors (Lipinski definition) is 7. The molecule has 0 atom stereocenters. The van der Waals surface area contributed by atoms with Crippen LogP contribution in [0.3, 0.4) is 0 Å². The highest BCUT2D eigenvalue weighted by molar-refractivity contribution is 5.97. The summed E-state index contributed by atoms with van der Waals surface area (Å²) in [5.74, 6) is 0.285. The van der Waals surface area contributed by atoms with Gasteiger partial charge in [-0.15, -0.1) is 0 Å². The van der Waals surface area contributed by atoms with Gasteiger partial charge in [0.2, 0.25) is 0 Å². The summed E-state index contributed by atoms with van der Waals surface area (Å²) < 4.78 is 13.1. The molecule has 1 aliphatic heterocycles.